The lowest BCUT2D eigenvalue weighted by Crippen LogP contribution is -2.14. The van der Waals surface area contributed by atoms with E-state index in [-0.39, 0.29) is 13.2 Å². The molecule has 0 amide bonds. The molecule has 2 unspecified atom stereocenters. The standard InChI is InChI=1S/C19H41O5P/c1-5-9-12-18(7-3)16-23-25(21,22-15-11-14-20)24-17-19(8-4)13-10-6-2/h18-20H,5-17H2,1-4H3. The summed E-state index contributed by atoms with van der Waals surface area (Å²) in [4.78, 5) is 0. The van der Waals surface area contributed by atoms with Crippen LogP contribution in [0.5, 0.6) is 0 Å². The van der Waals surface area contributed by atoms with E-state index in [9.17, 15) is 4.57 Å². The zero-order chi connectivity index (χ0) is 19.0. The molecule has 152 valence electrons. The third kappa shape index (κ3) is 13.0. The van der Waals surface area contributed by atoms with E-state index in [1.54, 1.807) is 0 Å². The molecule has 0 aliphatic carbocycles. The van der Waals surface area contributed by atoms with Gasteiger partial charge in [-0.2, -0.15) is 0 Å². The average Bonchev–Trinajstić information content (AvgIpc) is 2.62. The van der Waals surface area contributed by atoms with Gasteiger partial charge in [0.2, 0.25) is 0 Å². The molecule has 0 aromatic heterocycles. The van der Waals surface area contributed by atoms with Gasteiger partial charge < -0.3 is 5.11 Å². The average molecular weight is 381 g/mol. The predicted octanol–water partition coefficient (Wildman–Crippen LogP) is 5.96. The van der Waals surface area contributed by atoms with Crippen LogP contribution in [0.25, 0.3) is 0 Å². The van der Waals surface area contributed by atoms with E-state index in [4.69, 9.17) is 18.7 Å². The van der Waals surface area contributed by atoms with Crippen LogP contribution < -0.4 is 0 Å². The fourth-order valence-electron chi connectivity index (χ4n) is 2.54. The Morgan fingerprint density at radius 2 is 1.28 bits per heavy atom. The van der Waals surface area contributed by atoms with Crippen molar-refractivity contribution in [1.29, 1.82) is 0 Å². The maximum atomic E-state index is 12.9. The molecule has 0 aromatic carbocycles. The maximum absolute atomic E-state index is 12.9. The van der Waals surface area contributed by atoms with Gasteiger partial charge in [0.05, 0.1) is 19.8 Å². The number of aliphatic hydroxyl groups excluding tert-OH is 1. The number of unbranched alkanes of at least 4 members (excludes halogenated alkanes) is 2. The summed E-state index contributed by atoms with van der Waals surface area (Å²) < 4.78 is 29.7. The number of hydrogen-bond donors (Lipinski definition) is 1. The Kier molecular flexibility index (Phi) is 16.3. The Hall–Kier alpha value is 0.0700. The van der Waals surface area contributed by atoms with Crippen LogP contribution in [-0.4, -0.2) is 31.5 Å². The zero-order valence-electron chi connectivity index (χ0n) is 16.9. The van der Waals surface area contributed by atoms with Crippen molar-refractivity contribution in [2.24, 2.45) is 11.8 Å². The summed E-state index contributed by atoms with van der Waals surface area (Å²) >= 11 is 0. The predicted molar refractivity (Wildman–Crippen MR) is 104 cm³/mol. The molecule has 0 heterocycles. The van der Waals surface area contributed by atoms with Crippen LogP contribution in [0.3, 0.4) is 0 Å². The van der Waals surface area contributed by atoms with Gasteiger partial charge >= 0.3 is 7.82 Å². The van der Waals surface area contributed by atoms with Gasteiger partial charge in [0.1, 0.15) is 0 Å². The van der Waals surface area contributed by atoms with Gasteiger partial charge in [-0.15, -0.1) is 0 Å². The Labute approximate surface area is 155 Å². The van der Waals surface area contributed by atoms with Gasteiger partial charge in [-0.05, 0) is 31.1 Å². The first-order valence-electron chi connectivity index (χ1n) is 10.2. The maximum Gasteiger partial charge on any atom is 0.474 e. The van der Waals surface area contributed by atoms with Crippen molar-refractivity contribution in [3.8, 4) is 0 Å². The zero-order valence-corrected chi connectivity index (χ0v) is 17.8. The van der Waals surface area contributed by atoms with Gasteiger partial charge in [-0.3, -0.25) is 13.6 Å². The normalized spacial score (nSPS) is 16.5. The highest BCUT2D eigenvalue weighted by Gasteiger charge is 2.29. The lowest BCUT2D eigenvalue weighted by Gasteiger charge is -2.23. The minimum absolute atomic E-state index is 0.00215. The molecule has 0 saturated heterocycles. The highest BCUT2D eigenvalue weighted by Crippen LogP contribution is 2.50. The number of rotatable bonds is 18. The molecular weight excluding hydrogens is 339 g/mol. The van der Waals surface area contributed by atoms with Gasteiger partial charge in [0, 0.05) is 6.61 Å². The van der Waals surface area contributed by atoms with Crippen molar-refractivity contribution >= 4 is 7.82 Å². The Balaban J connectivity index is 4.60. The largest absolute Gasteiger partial charge is 0.474 e. The Morgan fingerprint density at radius 1 is 0.800 bits per heavy atom. The number of hydrogen-bond acceptors (Lipinski definition) is 5. The SMILES string of the molecule is CCCCC(CC)COP(=O)(OCCCO)OCC(CC)CCCC. The first-order valence-corrected chi connectivity index (χ1v) is 11.7. The number of phosphoric ester groups is 1. The summed E-state index contributed by atoms with van der Waals surface area (Å²) in [6.45, 7) is 9.58. The van der Waals surface area contributed by atoms with Crippen LogP contribution in [0.1, 0.15) is 85.5 Å². The molecule has 2 atom stereocenters. The van der Waals surface area contributed by atoms with Crippen LogP contribution in [-0.2, 0) is 18.1 Å². The molecular formula is C19H41O5P. The molecule has 25 heavy (non-hydrogen) atoms. The summed E-state index contributed by atoms with van der Waals surface area (Å²) in [6, 6.07) is 0. The fraction of sp³-hybridized carbons (Fsp3) is 1.00. The molecule has 6 heteroatoms. The van der Waals surface area contributed by atoms with E-state index >= 15 is 0 Å². The van der Waals surface area contributed by atoms with Crippen LogP contribution >= 0.6 is 7.82 Å². The number of aliphatic hydroxyl groups is 1. The molecule has 0 saturated carbocycles. The summed E-state index contributed by atoms with van der Waals surface area (Å²) in [6.07, 6.45) is 9.13. The summed E-state index contributed by atoms with van der Waals surface area (Å²) in [5.74, 6) is 0.751. The second kappa shape index (κ2) is 16.3. The van der Waals surface area contributed by atoms with Crippen LogP contribution in [0, 0.1) is 11.8 Å². The van der Waals surface area contributed by atoms with E-state index in [0.29, 0.717) is 31.5 Å². The summed E-state index contributed by atoms with van der Waals surface area (Å²) in [5.41, 5.74) is 0. The van der Waals surface area contributed by atoms with Crippen LogP contribution in [0.2, 0.25) is 0 Å². The minimum atomic E-state index is -3.56. The first-order chi connectivity index (χ1) is 12.0. The van der Waals surface area contributed by atoms with E-state index in [2.05, 4.69) is 27.7 Å². The van der Waals surface area contributed by atoms with E-state index < -0.39 is 7.82 Å². The molecule has 0 spiro atoms. The lowest BCUT2D eigenvalue weighted by molar-refractivity contribution is 0.0805. The molecule has 0 fully saturated rings. The van der Waals surface area contributed by atoms with Gasteiger partial charge in [-0.1, -0.05) is 66.2 Å². The van der Waals surface area contributed by atoms with Crippen molar-refractivity contribution in [2.45, 2.75) is 85.5 Å². The van der Waals surface area contributed by atoms with E-state index in [1.807, 2.05) is 0 Å². The van der Waals surface area contributed by atoms with Crippen LogP contribution in [0.4, 0.5) is 0 Å². The van der Waals surface area contributed by atoms with Crippen molar-refractivity contribution in [3.05, 3.63) is 0 Å². The van der Waals surface area contributed by atoms with E-state index in [1.165, 1.54) is 0 Å². The summed E-state index contributed by atoms with van der Waals surface area (Å²) in [7, 11) is -3.56. The Morgan fingerprint density at radius 3 is 1.64 bits per heavy atom. The Bertz CT molecular complexity index is 314. The van der Waals surface area contributed by atoms with Crippen molar-refractivity contribution < 1.29 is 23.2 Å². The van der Waals surface area contributed by atoms with Gasteiger partial charge in [0.25, 0.3) is 0 Å². The summed E-state index contributed by atoms with van der Waals surface area (Å²) in [5, 5.41) is 8.92. The number of phosphoric acid groups is 1. The molecule has 0 aromatic rings. The highest BCUT2D eigenvalue weighted by atomic mass is 31.2. The van der Waals surface area contributed by atoms with Crippen LogP contribution in [0.15, 0.2) is 0 Å². The first kappa shape index (κ1) is 25.1. The topological polar surface area (TPSA) is 65.0 Å². The minimum Gasteiger partial charge on any atom is -0.396 e. The lowest BCUT2D eigenvalue weighted by atomic mass is 10.0. The van der Waals surface area contributed by atoms with E-state index in [0.717, 1.165) is 51.4 Å². The quantitative estimate of drug-likeness (QED) is 0.235. The third-order valence-corrected chi connectivity index (χ3v) is 6.00. The molecule has 0 radical (unpaired) electrons. The second-order valence-corrected chi connectivity index (χ2v) is 8.45. The van der Waals surface area contributed by atoms with Crippen molar-refractivity contribution in [1.82, 2.24) is 0 Å². The van der Waals surface area contributed by atoms with Crippen molar-refractivity contribution in [2.75, 3.05) is 26.4 Å². The third-order valence-electron chi connectivity index (χ3n) is 4.58. The second-order valence-electron chi connectivity index (χ2n) is 6.78. The van der Waals surface area contributed by atoms with Gasteiger partial charge in [0.15, 0.2) is 0 Å². The smallest absolute Gasteiger partial charge is 0.396 e. The molecule has 1 N–H and O–H groups in total. The molecule has 0 rings (SSSR count). The molecule has 0 aliphatic heterocycles. The highest BCUT2D eigenvalue weighted by molar-refractivity contribution is 7.48. The molecule has 5 nitrogen and oxygen atoms in total. The monoisotopic (exact) mass is 380 g/mol. The van der Waals surface area contributed by atoms with Crippen molar-refractivity contribution in [3.63, 3.8) is 0 Å². The molecule has 0 bridgehead atoms. The molecule has 0 aliphatic rings. The van der Waals surface area contributed by atoms with Gasteiger partial charge in [-0.25, -0.2) is 4.57 Å². The fourth-order valence-corrected chi connectivity index (χ4v) is 3.91.